The van der Waals surface area contributed by atoms with Gasteiger partial charge in [-0.2, -0.15) is 0 Å². The average molecular weight is 369 g/mol. The molecule has 2 N–H and O–H groups in total. The first-order valence-electron chi connectivity index (χ1n) is 9.45. The van der Waals surface area contributed by atoms with Crippen molar-refractivity contribution in [3.05, 3.63) is 48.0 Å². The highest BCUT2D eigenvalue weighted by molar-refractivity contribution is 5.90. The van der Waals surface area contributed by atoms with Gasteiger partial charge in [0.05, 0.1) is 12.4 Å². The normalized spacial score (nSPS) is 14.9. The van der Waals surface area contributed by atoms with E-state index in [0.29, 0.717) is 6.54 Å². The Labute approximate surface area is 160 Å². The van der Waals surface area contributed by atoms with Gasteiger partial charge in [0.15, 0.2) is 5.75 Å². The van der Waals surface area contributed by atoms with Gasteiger partial charge in [-0.25, -0.2) is 9.97 Å². The zero-order chi connectivity index (χ0) is 19.1. The van der Waals surface area contributed by atoms with E-state index in [9.17, 15) is 4.79 Å². The average Bonchev–Trinajstić information content (AvgIpc) is 2.68. The summed E-state index contributed by atoms with van der Waals surface area (Å²) in [5.41, 5.74) is 2.61. The van der Waals surface area contributed by atoms with Gasteiger partial charge >= 0.3 is 0 Å². The van der Waals surface area contributed by atoms with E-state index >= 15 is 0 Å². The maximum absolute atomic E-state index is 11.9. The molecular weight excluding hydrogens is 342 g/mol. The van der Waals surface area contributed by atoms with Crippen LogP contribution < -0.4 is 10.2 Å². The van der Waals surface area contributed by atoms with Crippen LogP contribution in [0.2, 0.25) is 0 Å². The standard InChI is InChI=1S/C20H27N5O2/c1-16-5-4-6-17(13-16)25-11-9-24(10-12-25)8-3-2-7-21-20(27)19-22-14-18(26)15-23-19/h4-6,13-15,26H,2-3,7-12H2,1H3,(H,21,27). The molecule has 1 aromatic carbocycles. The fourth-order valence-corrected chi connectivity index (χ4v) is 3.23. The summed E-state index contributed by atoms with van der Waals surface area (Å²) in [6.45, 7) is 8.03. The second-order valence-corrected chi connectivity index (χ2v) is 6.90. The number of carbonyl (C=O) groups excluding carboxylic acids is 1. The van der Waals surface area contributed by atoms with Crippen molar-refractivity contribution in [3.8, 4) is 5.75 Å². The minimum atomic E-state index is -0.304. The predicted octanol–water partition coefficient (Wildman–Crippen LogP) is 1.82. The van der Waals surface area contributed by atoms with E-state index in [-0.39, 0.29) is 17.5 Å². The van der Waals surface area contributed by atoms with E-state index in [2.05, 4.69) is 56.3 Å². The van der Waals surface area contributed by atoms with Crippen molar-refractivity contribution >= 4 is 11.6 Å². The monoisotopic (exact) mass is 369 g/mol. The van der Waals surface area contributed by atoms with Crippen LogP contribution in [0.1, 0.15) is 29.0 Å². The van der Waals surface area contributed by atoms with Crippen LogP contribution in [0.3, 0.4) is 0 Å². The lowest BCUT2D eigenvalue weighted by atomic mass is 10.2. The molecule has 1 aliphatic rings. The number of carbonyl (C=O) groups is 1. The van der Waals surface area contributed by atoms with Crippen LogP contribution in [0.4, 0.5) is 5.69 Å². The highest BCUT2D eigenvalue weighted by Crippen LogP contribution is 2.17. The molecule has 7 heteroatoms. The van der Waals surface area contributed by atoms with E-state index in [1.54, 1.807) is 0 Å². The molecule has 0 bridgehead atoms. The lowest BCUT2D eigenvalue weighted by molar-refractivity contribution is 0.0942. The molecule has 1 aliphatic heterocycles. The van der Waals surface area contributed by atoms with Crippen LogP contribution in [0.5, 0.6) is 5.75 Å². The van der Waals surface area contributed by atoms with Crippen molar-refractivity contribution in [2.75, 3.05) is 44.2 Å². The van der Waals surface area contributed by atoms with Gasteiger partial charge in [-0.3, -0.25) is 9.69 Å². The van der Waals surface area contributed by atoms with Crippen LogP contribution in [0.25, 0.3) is 0 Å². The number of aryl methyl sites for hydroxylation is 1. The van der Waals surface area contributed by atoms with Gasteiger partial charge in [0.1, 0.15) is 0 Å². The summed E-state index contributed by atoms with van der Waals surface area (Å²) in [6, 6.07) is 8.68. The van der Waals surface area contributed by atoms with Crippen molar-refractivity contribution in [2.45, 2.75) is 19.8 Å². The maximum atomic E-state index is 11.9. The first kappa shape index (κ1) is 19.1. The molecule has 1 aromatic heterocycles. The number of unbranched alkanes of at least 4 members (excludes halogenated alkanes) is 1. The Kier molecular flexibility index (Phi) is 6.59. The number of benzene rings is 1. The van der Waals surface area contributed by atoms with Crippen molar-refractivity contribution in [1.29, 1.82) is 0 Å². The fraction of sp³-hybridized carbons (Fsp3) is 0.450. The molecule has 0 spiro atoms. The Balaban J connectivity index is 1.30. The van der Waals surface area contributed by atoms with Gasteiger partial charge in [-0.05, 0) is 44.0 Å². The van der Waals surface area contributed by atoms with Gasteiger partial charge < -0.3 is 15.3 Å². The highest BCUT2D eigenvalue weighted by atomic mass is 16.3. The Hall–Kier alpha value is -2.67. The number of aromatic hydroxyl groups is 1. The number of piperazine rings is 1. The summed E-state index contributed by atoms with van der Waals surface area (Å²) in [5, 5.41) is 12.0. The third-order valence-corrected chi connectivity index (χ3v) is 4.77. The number of nitrogens with zero attached hydrogens (tertiary/aromatic N) is 4. The number of nitrogens with one attached hydrogen (secondary N) is 1. The van der Waals surface area contributed by atoms with E-state index in [0.717, 1.165) is 45.6 Å². The number of aromatic nitrogens is 2. The van der Waals surface area contributed by atoms with Gasteiger partial charge in [-0.1, -0.05) is 12.1 Å². The molecule has 0 aliphatic carbocycles. The molecule has 0 unspecified atom stereocenters. The van der Waals surface area contributed by atoms with Crippen LogP contribution in [-0.4, -0.2) is 65.2 Å². The summed E-state index contributed by atoms with van der Waals surface area (Å²) in [5.74, 6) is -0.268. The highest BCUT2D eigenvalue weighted by Gasteiger charge is 2.16. The number of anilines is 1. The summed E-state index contributed by atoms with van der Waals surface area (Å²) in [7, 11) is 0. The van der Waals surface area contributed by atoms with Crippen LogP contribution in [-0.2, 0) is 0 Å². The topological polar surface area (TPSA) is 81.6 Å². The Bertz CT molecular complexity index is 742. The molecule has 2 aromatic rings. The molecular formula is C20H27N5O2. The van der Waals surface area contributed by atoms with Crippen molar-refractivity contribution in [2.24, 2.45) is 0 Å². The molecule has 1 saturated heterocycles. The quantitative estimate of drug-likeness (QED) is 0.725. The Morgan fingerprint density at radius 1 is 1.15 bits per heavy atom. The first-order valence-corrected chi connectivity index (χ1v) is 9.45. The molecule has 1 amide bonds. The number of amides is 1. The number of hydrogen-bond donors (Lipinski definition) is 2. The molecule has 1 fully saturated rings. The SMILES string of the molecule is Cc1cccc(N2CCN(CCCCNC(=O)c3ncc(O)cn3)CC2)c1. The molecule has 3 rings (SSSR count). The van der Waals surface area contributed by atoms with Gasteiger partial charge in [0, 0.05) is 38.4 Å². The Morgan fingerprint density at radius 2 is 1.89 bits per heavy atom. The summed E-state index contributed by atoms with van der Waals surface area (Å²) in [6.07, 6.45) is 4.40. The third kappa shape index (κ3) is 5.65. The molecule has 0 radical (unpaired) electrons. The van der Waals surface area contributed by atoms with Gasteiger partial charge in [-0.15, -0.1) is 0 Å². The molecule has 0 atom stereocenters. The second kappa shape index (κ2) is 9.32. The van der Waals surface area contributed by atoms with Crippen molar-refractivity contribution < 1.29 is 9.90 Å². The predicted molar refractivity (Wildman–Crippen MR) is 105 cm³/mol. The smallest absolute Gasteiger partial charge is 0.289 e. The van der Waals surface area contributed by atoms with E-state index < -0.39 is 0 Å². The molecule has 27 heavy (non-hydrogen) atoms. The number of rotatable bonds is 7. The van der Waals surface area contributed by atoms with Crippen molar-refractivity contribution in [3.63, 3.8) is 0 Å². The Morgan fingerprint density at radius 3 is 2.59 bits per heavy atom. The van der Waals surface area contributed by atoms with Gasteiger partial charge in [0.25, 0.3) is 5.91 Å². The van der Waals surface area contributed by atoms with Crippen LogP contribution >= 0.6 is 0 Å². The molecule has 7 nitrogen and oxygen atoms in total. The largest absolute Gasteiger partial charge is 0.505 e. The van der Waals surface area contributed by atoms with Gasteiger partial charge in [0.2, 0.25) is 5.82 Å². The zero-order valence-corrected chi connectivity index (χ0v) is 15.8. The summed E-state index contributed by atoms with van der Waals surface area (Å²) in [4.78, 5) is 24.4. The lowest BCUT2D eigenvalue weighted by Gasteiger charge is -2.36. The molecule has 0 saturated carbocycles. The first-order chi connectivity index (χ1) is 13.1. The fourth-order valence-electron chi connectivity index (χ4n) is 3.23. The minimum Gasteiger partial charge on any atom is -0.505 e. The third-order valence-electron chi connectivity index (χ3n) is 4.77. The van der Waals surface area contributed by atoms with E-state index in [1.807, 2.05) is 0 Å². The maximum Gasteiger partial charge on any atom is 0.289 e. The van der Waals surface area contributed by atoms with Crippen molar-refractivity contribution in [1.82, 2.24) is 20.2 Å². The minimum absolute atomic E-state index is 0.0472. The molecule has 144 valence electrons. The summed E-state index contributed by atoms with van der Waals surface area (Å²) >= 11 is 0. The number of hydrogen-bond acceptors (Lipinski definition) is 6. The summed E-state index contributed by atoms with van der Waals surface area (Å²) < 4.78 is 0. The van der Waals surface area contributed by atoms with E-state index in [4.69, 9.17) is 5.11 Å². The van der Waals surface area contributed by atoms with E-state index in [1.165, 1.54) is 23.6 Å². The zero-order valence-electron chi connectivity index (χ0n) is 15.8. The second-order valence-electron chi connectivity index (χ2n) is 6.90. The van der Waals surface area contributed by atoms with Crippen LogP contribution in [0, 0.1) is 6.92 Å². The lowest BCUT2D eigenvalue weighted by Crippen LogP contribution is -2.46. The van der Waals surface area contributed by atoms with Crippen LogP contribution in [0.15, 0.2) is 36.7 Å². The molecule has 2 heterocycles.